The molecule has 1 heterocycles. The zero-order chi connectivity index (χ0) is 16.9. The maximum absolute atomic E-state index is 13.7. The van der Waals surface area contributed by atoms with Crippen LogP contribution < -0.4 is 10.6 Å². The highest BCUT2D eigenvalue weighted by atomic mass is 19.1. The Morgan fingerprint density at radius 1 is 1.08 bits per heavy atom. The third-order valence-corrected chi connectivity index (χ3v) is 3.54. The Bertz CT molecular complexity index is 834. The topological polar surface area (TPSA) is 82.7 Å². The van der Waals surface area contributed by atoms with Gasteiger partial charge in [0.15, 0.2) is 11.5 Å². The van der Waals surface area contributed by atoms with Crippen molar-refractivity contribution in [1.29, 1.82) is 0 Å². The number of hydrogen-bond donors (Lipinski definition) is 3. The van der Waals surface area contributed by atoms with Crippen LogP contribution in [0.4, 0.5) is 15.9 Å². The summed E-state index contributed by atoms with van der Waals surface area (Å²) in [6.07, 6.45) is 0. The van der Waals surface area contributed by atoms with E-state index in [1.807, 2.05) is 37.3 Å². The monoisotopic (exact) mass is 325 g/mol. The van der Waals surface area contributed by atoms with Crippen molar-refractivity contribution in [2.45, 2.75) is 13.0 Å². The average molecular weight is 325 g/mol. The summed E-state index contributed by atoms with van der Waals surface area (Å²) in [5, 5.41) is 15.7. The van der Waals surface area contributed by atoms with Gasteiger partial charge in [-0.15, -0.1) is 10.2 Å². The molecule has 7 heteroatoms. The van der Waals surface area contributed by atoms with Crippen LogP contribution >= 0.6 is 0 Å². The molecule has 0 spiro atoms. The van der Waals surface area contributed by atoms with Gasteiger partial charge < -0.3 is 10.6 Å². The van der Waals surface area contributed by atoms with Crippen molar-refractivity contribution in [2.24, 2.45) is 0 Å². The fraction of sp³-hybridized carbons (Fsp3) is 0.118. The molecule has 1 aromatic heterocycles. The van der Waals surface area contributed by atoms with Gasteiger partial charge in [0, 0.05) is 0 Å². The molecule has 6 nitrogen and oxygen atoms in total. The molecule has 0 aliphatic heterocycles. The third kappa shape index (κ3) is 3.40. The lowest BCUT2D eigenvalue weighted by Gasteiger charge is -2.13. The van der Waals surface area contributed by atoms with E-state index in [1.54, 1.807) is 18.2 Å². The second-order valence-electron chi connectivity index (χ2n) is 5.23. The molecule has 1 amide bonds. The third-order valence-electron chi connectivity index (χ3n) is 3.54. The van der Waals surface area contributed by atoms with Crippen molar-refractivity contribution >= 4 is 17.4 Å². The van der Waals surface area contributed by atoms with Crippen LogP contribution in [-0.2, 0) is 0 Å². The molecule has 3 rings (SSSR count). The minimum absolute atomic E-state index is 0.0704. The summed E-state index contributed by atoms with van der Waals surface area (Å²) in [7, 11) is 0. The number of anilines is 2. The van der Waals surface area contributed by atoms with E-state index >= 15 is 0 Å². The van der Waals surface area contributed by atoms with Crippen LogP contribution in [0.1, 0.15) is 29.0 Å². The number of aromatic amines is 1. The summed E-state index contributed by atoms with van der Waals surface area (Å²) in [4.78, 5) is 12.4. The van der Waals surface area contributed by atoms with Crippen molar-refractivity contribution in [3.05, 3.63) is 71.7 Å². The Balaban J connectivity index is 1.75. The molecule has 24 heavy (non-hydrogen) atoms. The Hall–Kier alpha value is -3.22. The van der Waals surface area contributed by atoms with Gasteiger partial charge in [-0.1, -0.05) is 42.5 Å². The van der Waals surface area contributed by atoms with E-state index in [0.29, 0.717) is 0 Å². The van der Waals surface area contributed by atoms with Gasteiger partial charge in [0.25, 0.3) is 5.91 Å². The lowest BCUT2D eigenvalue weighted by Crippen LogP contribution is -2.27. The highest BCUT2D eigenvalue weighted by molar-refractivity contribution is 5.97. The largest absolute Gasteiger partial charge is 0.344 e. The predicted octanol–water partition coefficient (Wildman–Crippen LogP) is 3.18. The van der Waals surface area contributed by atoms with Crippen LogP contribution in [-0.4, -0.2) is 21.3 Å². The molecule has 2 aromatic carbocycles. The second-order valence-corrected chi connectivity index (χ2v) is 5.23. The number of nitrogens with zero attached hydrogens (tertiary/aromatic N) is 2. The molecule has 0 fully saturated rings. The van der Waals surface area contributed by atoms with Crippen LogP contribution in [0.15, 0.2) is 54.6 Å². The summed E-state index contributed by atoms with van der Waals surface area (Å²) in [6, 6.07) is 15.5. The highest BCUT2D eigenvalue weighted by Gasteiger charge is 2.19. The van der Waals surface area contributed by atoms with Gasteiger partial charge >= 0.3 is 0 Å². The smallest absolute Gasteiger partial charge is 0.276 e. The first kappa shape index (κ1) is 15.7. The molecule has 1 unspecified atom stereocenters. The number of H-pyrrole nitrogens is 1. The van der Waals surface area contributed by atoms with Crippen LogP contribution in [0.3, 0.4) is 0 Å². The van der Waals surface area contributed by atoms with E-state index in [1.165, 1.54) is 6.07 Å². The van der Waals surface area contributed by atoms with E-state index in [4.69, 9.17) is 0 Å². The fourth-order valence-electron chi connectivity index (χ4n) is 2.26. The molecule has 0 bridgehead atoms. The van der Waals surface area contributed by atoms with Gasteiger partial charge in [0.05, 0.1) is 11.7 Å². The Labute approximate surface area is 138 Å². The highest BCUT2D eigenvalue weighted by Crippen LogP contribution is 2.20. The first-order valence-electron chi connectivity index (χ1n) is 7.43. The van der Waals surface area contributed by atoms with Crippen molar-refractivity contribution in [3.63, 3.8) is 0 Å². The number of nitrogens with one attached hydrogen (secondary N) is 3. The van der Waals surface area contributed by atoms with E-state index in [2.05, 4.69) is 26.0 Å². The van der Waals surface area contributed by atoms with Crippen LogP contribution in [0.2, 0.25) is 0 Å². The van der Waals surface area contributed by atoms with Crippen LogP contribution in [0.25, 0.3) is 0 Å². The minimum Gasteiger partial charge on any atom is -0.344 e. The zero-order valence-electron chi connectivity index (χ0n) is 13.0. The first-order valence-corrected chi connectivity index (χ1v) is 7.43. The Morgan fingerprint density at radius 2 is 1.79 bits per heavy atom. The number of carbonyl (C=O) groups is 1. The van der Waals surface area contributed by atoms with Gasteiger partial charge in [0.1, 0.15) is 5.82 Å². The normalized spacial score (nSPS) is 11.8. The minimum atomic E-state index is -0.440. The molecule has 0 saturated carbocycles. The summed E-state index contributed by atoms with van der Waals surface area (Å²) < 4.78 is 13.7. The molecule has 3 N–H and O–H groups in total. The van der Waals surface area contributed by atoms with Gasteiger partial charge in [0.2, 0.25) is 0 Å². The van der Waals surface area contributed by atoms with Crippen molar-refractivity contribution in [2.75, 3.05) is 5.32 Å². The average Bonchev–Trinajstić information content (AvgIpc) is 3.06. The molecule has 0 saturated heterocycles. The van der Waals surface area contributed by atoms with Crippen molar-refractivity contribution < 1.29 is 9.18 Å². The van der Waals surface area contributed by atoms with Gasteiger partial charge in [-0.25, -0.2) is 4.39 Å². The number of amides is 1. The number of hydrogen-bond acceptors (Lipinski definition) is 4. The van der Waals surface area contributed by atoms with E-state index in [-0.39, 0.29) is 23.2 Å². The number of rotatable bonds is 5. The molecule has 0 radical (unpaired) electrons. The fourth-order valence-corrected chi connectivity index (χ4v) is 2.26. The SMILES string of the molecule is CC(NC(=O)c1n[nH]nc1Nc1ccccc1F)c1ccccc1. The quantitative estimate of drug-likeness (QED) is 0.673. The summed E-state index contributed by atoms with van der Waals surface area (Å²) in [5.41, 5.74) is 1.26. The number of aromatic nitrogens is 3. The molecule has 1 atom stereocenters. The maximum atomic E-state index is 13.7. The summed E-state index contributed by atoms with van der Waals surface area (Å²) in [6.45, 7) is 1.87. The van der Waals surface area contributed by atoms with E-state index in [0.717, 1.165) is 5.56 Å². The number of para-hydroxylation sites is 1. The summed E-state index contributed by atoms with van der Waals surface area (Å²) in [5.74, 6) is -0.679. The molecule has 3 aromatic rings. The summed E-state index contributed by atoms with van der Waals surface area (Å²) >= 11 is 0. The molecular formula is C17H16FN5O. The van der Waals surface area contributed by atoms with Crippen LogP contribution in [0.5, 0.6) is 0 Å². The lowest BCUT2D eigenvalue weighted by molar-refractivity contribution is 0.0935. The first-order chi connectivity index (χ1) is 11.6. The molecule has 0 aliphatic rings. The van der Waals surface area contributed by atoms with E-state index in [9.17, 15) is 9.18 Å². The lowest BCUT2D eigenvalue weighted by atomic mass is 10.1. The molecular weight excluding hydrogens is 309 g/mol. The Morgan fingerprint density at radius 3 is 2.54 bits per heavy atom. The number of halogens is 1. The maximum Gasteiger partial charge on any atom is 0.276 e. The Kier molecular flexibility index (Phi) is 4.51. The number of benzene rings is 2. The van der Waals surface area contributed by atoms with Gasteiger partial charge in [-0.3, -0.25) is 4.79 Å². The van der Waals surface area contributed by atoms with Crippen LogP contribution in [0, 0.1) is 5.82 Å². The second kappa shape index (κ2) is 6.91. The van der Waals surface area contributed by atoms with E-state index < -0.39 is 11.7 Å². The number of carbonyl (C=O) groups excluding carboxylic acids is 1. The predicted molar refractivity (Wildman–Crippen MR) is 88.4 cm³/mol. The van der Waals surface area contributed by atoms with Gasteiger partial charge in [-0.05, 0) is 24.6 Å². The zero-order valence-corrected chi connectivity index (χ0v) is 13.0. The van der Waals surface area contributed by atoms with Gasteiger partial charge in [-0.2, -0.15) is 5.21 Å². The van der Waals surface area contributed by atoms with Crippen molar-refractivity contribution in [1.82, 2.24) is 20.7 Å². The molecule has 0 aliphatic carbocycles. The van der Waals surface area contributed by atoms with Crippen molar-refractivity contribution in [3.8, 4) is 0 Å². The molecule has 122 valence electrons. The standard InChI is InChI=1S/C17H16FN5O/c1-11(12-7-3-2-4-8-12)19-17(24)15-16(22-23-21-15)20-14-10-6-5-9-13(14)18/h2-11H,1H3,(H,19,24)(H2,20,21,22,23).